The molecule has 1 heterocycles. The van der Waals surface area contributed by atoms with Crippen LogP contribution >= 0.6 is 0 Å². The van der Waals surface area contributed by atoms with Crippen LogP contribution < -0.4 is 5.32 Å². The van der Waals surface area contributed by atoms with Crippen molar-refractivity contribution in [2.75, 3.05) is 0 Å². The van der Waals surface area contributed by atoms with Crippen molar-refractivity contribution in [1.29, 1.82) is 0 Å². The van der Waals surface area contributed by atoms with E-state index in [0.29, 0.717) is 12.3 Å². The summed E-state index contributed by atoms with van der Waals surface area (Å²) in [6.07, 6.45) is 6.66. The van der Waals surface area contributed by atoms with E-state index in [1.165, 1.54) is 31.2 Å². The Balaban J connectivity index is 1.84. The van der Waals surface area contributed by atoms with Gasteiger partial charge in [-0.15, -0.1) is 0 Å². The van der Waals surface area contributed by atoms with Gasteiger partial charge in [0, 0.05) is 12.0 Å². The van der Waals surface area contributed by atoms with Crippen molar-refractivity contribution >= 4 is 5.91 Å². The molecule has 2 aliphatic rings. The van der Waals surface area contributed by atoms with Crippen molar-refractivity contribution in [2.45, 2.75) is 50.0 Å². The maximum Gasteiger partial charge on any atom is 0.221 e. The summed E-state index contributed by atoms with van der Waals surface area (Å²) in [7, 11) is 0. The smallest absolute Gasteiger partial charge is 0.221 e. The van der Waals surface area contributed by atoms with Gasteiger partial charge in [-0.05, 0) is 30.7 Å². The third-order valence-electron chi connectivity index (χ3n) is 4.31. The van der Waals surface area contributed by atoms with Crippen molar-refractivity contribution in [3.05, 3.63) is 35.9 Å². The van der Waals surface area contributed by atoms with E-state index in [-0.39, 0.29) is 11.4 Å². The summed E-state index contributed by atoms with van der Waals surface area (Å²) < 4.78 is 0. The third-order valence-corrected chi connectivity index (χ3v) is 4.31. The highest BCUT2D eigenvalue weighted by atomic mass is 16.1. The number of carbonyl (C=O) groups excluding carboxylic acids is 1. The zero-order valence-corrected chi connectivity index (χ0v) is 10.1. The molecule has 1 aromatic carbocycles. The lowest BCUT2D eigenvalue weighted by atomic mass is 9.77. The highest BCUT2D eigenvalue weighted by molar-refractivity contribution is 5.79. The molecular weight excluding hydrogens is 210 g/mol. The molecule has 0 aromatic heterocycles. The second kappa shape index (κ2) is 4.17. The monoisotopic (exact) mass is 229 g/mol. The molecule has 1 aliphatic heterocycles. The Morgan fingerprint density at radius 2 is 1.82 bits per heavy atom. The van der Waals surface area contributed by atoms with Crippen LogP contribution in [0, 0.1) is 0 Å². The highest BCUT2D eigenvalue weighted by Crippen LogP contribution is 2.42. The van der Waals surface area contributed by atoms with Crippen LogP contribution in [-0.2, 0) is 4.79 Å². The van der Waals surface area contributed by atoms with Gasteiger partial charge in [0.2, 0.25) is 5.91 Å². The van der Waals surface area contributed by atoms with Gasteiger partial charge in [0.15, 0.2) is 0 Å². The molecule has 1 aliphatic carbocycles. The topological polar surface area (TPSA) is 29.1 Å². The van der Waals surface area contributed by atoms with Crippen molar-refractivity contribution in [1.82, 2.24) is 5.32 Å². The van der Waals surface area contributed by atoms with Crippen LogP contribution in [0.3, 0.4) is 0 Å². The van der Waals surface area contributed by atoms with Crippen molar-refractivity contribution in [3.63, 3.8) is 0 Å². The molecule has 2 nitrogen and oxygen atoms in total. The average Bonchev–Trinajstić information content (AvgIpc) is 2.77. The van der Waals surface area contributed by atoms with E-state index < -0.39 is 0 Å². The highest BCUT2D eigenvalue weighted by Gasteiger charge is 2.41. The second-order valence-corrected chi connectivity index (χ2v) is 5.55. The number of piperidine rings is 1. The fourth-order valence-corrected chi connectivity index (χ4v) is 3.51. The first kappa shape index (κ1) is 10.8. The van der Waals surface area contributed by atoms with Gasteiger partial charge in [0.25, 0.3) is 0 Å². The van der Waals surface area contributed by atoms with Crippen molar-refractivity contribution in [3.8, 4) is 0 Å². The molecular formula is C15H19NO. The summed E-state index contributed by atoms with van der Waals surface area (Å²) in [4.78, 5) is 11.9. The van der Waals surface area contributed by atoms with E-state index in [2.05, 4.69) is 29.6 Å². The molecule has 1 N–H and O–H groups in total. The van der Waals surface area contributed by atoms with E-state index in [1.807, 2.05) is 6.07 Å². The molecule has 3 rings (SSSR count). The molecule has 1 spiro atoms. The molecule has 0 bridgehead atoms. The van der Waals surface area contributed by atoms with Gasteiger partial charge in [-0.3, -0.25) is 4.79 Å². The van der Waals surface area contributed by atoms with Gasteiger partial charge in [0.05, 0.1) is 0 Å². The quantitative estimate of drug-likeness (QED) is 0.788. The van der Waals surface area contributed by atoms with Crippen LogP contribution in [0.2, 0.25) is 0 Å². The summed E-state index contributed by atoms with van der Waals surface area (Å²) in [5.41, 5.74) is 1.45. The fourth-order valence-electron chi connectivity index (χ4n) is 3.51. The number of amides is 1. The first-order valence-corrected chi connectivity index (χ1v) is 6.63. The number of hydrogen-bond acceptors (Lipinski definition) is 1. The molecule has 1 amide bonds. The normalized spacial score (nSPS) is 27.1. The van der Waals surface area contributed by atoms with Gasteiger partial charge in [0.1, 0.15) is 0 Å². The molecule has 1 unspecified atom stereocenters. The molecule has 2 heteroatoms. The fraction of sp³-hybridized carbons (Fsp3) is 0.533. The van der Waals surface area contributed by atoms with Crippen molar-refractivity contribution < 1.29 is 4.79 Å². The summed E-state index contributed by atoms with van der Waals surface area (Å²) in [5, 5.41) is 3.25. The van der Waals surface area contributed by atoms with E-state index in [1.54, 1.807) is 0 Å². The van der Waals surface area contributed by atoms with Gasteiger partial charge in [-0.2, -0.15) is 0 Å². The number of benzene rings is 1. The maximum atomic E-state index is 11.9. The van der Waals surface area contributed by atoms with Crippen LogP contribution in [0.15, 0.2) is 30.3 Å². The van der Waals surface area contributed by atoms with Gasteiger partial charge in [-0.25, -0.2) is 0 Å². The number of carbonyl (C=O) groups is 1. The molecule has 1 atom stereocenters. The van der Waals surface area contributed by atoms with Crippen LogP contribution in [0.4, 0.5) is 0 Å². The Morgan fingerprint density at radius 3 is 2.53 bits per heavy atom. The minimum absolute atomic E-state index is 0.121. The molecule has 0 radical (unpaired) electrons. The average molecular weight is 229 g/mol. The van der Waals surface area contributed by atoms with Crippen LogP contribution in [-0.4, -0.2) is 11.4 Å². The molecule has 90 valence electrons. The Bertz CT molecular complexity index is 406. The maximum absolute atomic E-state index is 11.9. The number of nitrogens with one attached hydrogen (secondary N) is 1. The Hall–Kier alpha value is -1.31. The third kappa shape index (κ3) is 2.08. The standard InChI is InChI=1S/C15H19NO/c17-14-10-13(12-6-2-1-3-7-12)11-15(16-14)8-4-5-9-15/h1-3,6-7,13H,4-5,8-11H2,(H,16,17). The van der Waals surface area contributed by atoms with E-state index in [9.17, 15) is 4.79 Å². The lowest BCUT2D eigenvalue weighted by molar-refractivity contribution is -0.125. The Morgan fingerprint density at radius 1 is 1.12 bits per heavy atom. The Labute approximate surface area is 102 Å². The molecule has 1 saturated heterocycles. The minimum Gasteiger partial charge on any atom is -0.351 e. The van der Waals surface area contributed by atoms with E-state index in [4.69, 9.17) is 0 Å². The zero-order valence-electron chi connectivity index (χ0n) is 10.1. The Kier molecular flexibility index (Phi) is 2.65. The van der Waals surface area contributed by atoms with Gasteiger partial charge < -0.3 is 5.32 Å². The molecule has 17 heavy (non-hydrogen) atoms. The predicted molar refractivity (Wildman–Crippen MR) is 67.8 cm³/mol. The number of hydrogen-bond donors (Lipinski definition) is 1. The first-order chi connectivity index (χ1) is 8.27. The summed E-state index contributed by atoms with van der Waals surface area (Å²) in [6, 6.07) is 10.5. The zero-order chi connectivity index (χ0) is 11.7. The number of rotatable bonds is 1. The minimum atomic E-state index is 0.121. The van der Waals surface area contributed by atoms with E-state index in [0.717, 1.165) is 6.42 Å². The van der Waals surface area contributed by atoms with E-state index >= 15 is 0 Å². The predicted octanol–water partition coefficient (Wildman–Crippen LogP) is 2.99. The van der Waals surface area contributed by atoms with Crippen molar-refractivity contribution in [2.24, 2.45) is 0 Å². The van der Waals surface area contributed by atoms with Crippen LogP contribution in [0.5, 0.6) is 0 Å². The van der Waals surface area contributed by atoms with Crippen LogP contribution in [0.1, 0.15) is 50.0 Å². The summed E-state index contributed by atoms with van der Waals surface area (Å²) in [6.45, 7) is 0. The lowest BCUT2D eigenvalue weighted by Gasteiger charge is -2.39. The molecule has 2 fully saturated rings. The van der Waals surface area contributed by atoms with Gasteiger partial charge in [-0.1, -0.05) is 43.2 Å². The summed E-state index contributed by atoms with van der Waals surface area (Å²) in [5.74, 6) is 0.662. The molecule has 1 saturated carbocycles. The summed E-state index contributed by atoms with van der Waals surface area (Å²) >= 11 is 0. The molecule has 1 aromatic rings. The first-order valence-electron chi connectivity index (χ1n) is 6.63. The largest absolute Gasteiger partial charge is 0.351 e. The van der Waals surface area contributed by atoms with Gasteiger partial charge >= 0.3 is 0 Å². The lowest BCUT2D eigenvalue weighted by Crippen LogP contribution is -2.51. The van der Waals surface area contributed by atoms with Crippen LogP contribution in [0.25, 0.3) is 0 Å². The SMILES string of the molecule is O=C1CC(c2ccccc2)CC2(CCCC2)N1. The second-order valence-electron chi connectivity index (χ2n) is 5.55.